The Morgan fingerprint density at radius 3 is 2.47 bits per heavy atom. The minimum absolute atomic E-state index is 0.0451. The van der Waals surface area contributed by atoms with Crippen molar-refractivity contribution in [1.29, 1.82) is 0 Å². The Morgan fingerprint density at radius 1 is 1.37 bits per heavy atom. The number of piperazine rings is 1. The fraction of sp³-hybridized carbons (Fsp3) is 0.500. The van der Waals surface area contributed by atoms with Crippen molar-refractivity contribution in [2.75, 3.05) is 32.7 Å². The van der Waals surface area contributed by atoms with Gasteiger partial charge < -0.3 is 5.11 Å². The third-order valence-corrected chi connectivity index (χ3v) is 7.39. The molecule has 9 heteroatoms. The summed E-state index contributed by atoms with van der Waals surface area (Å²) in [6.45, 7) is 1.47. The Labute approximate surface area is 123 Å². The Bertz CT molecular complexity index is 564. The molecule has 106 valence electrons. The molecule has 0 saturated carbocycles. The molecular weight excluding hydrogens is 356 g/mol. The van der Waals surface area contributed by atoms with Gasteiger partial charge in [0.1, 0.15) is 4.21 Å². The van der Waals surface area contributed by atoms with E-state index in [2.05, 4.69) is 15.9 Å². The highest BCUT2D eigenvalue weighted by atomic mass is 79.9. The summed E-state index contributed by atoms with van der Waals surface area (Å²) < 4.78 is 27.0. The minimum atomic E-state index is -3.47. The first kappa shape index (κ1) is 14.9. The molecule has 2 rings (SSSR count). The summed E-state index contributed by atoms with van der Waals surface area (Å²) >= 11 is 4.41. The van der Waals surface area contributed by atoms with Crippen LogP contribution in [0, 0.1) is 0 Å². The molecule has 1 aromatic rings. The molecule has 1 aromatic heterocycles. The predicted octanol–water partition coefficient (Wildman–Crippen LogP) is 0.901. The van der Waals surface area contributed by atoms with E-state index in [-0.39, 0.29) is 6.54 Å². The van der Waals surface area contributed by atoms with Crippen LogP contribution >= 0.6 is 27.3 Å². The molecule has 0 spiro atoms. The van der Waals surface area contributed by atoms with Crippen LogP contribution in [-0.4, -0.2) is 61.4 Å². The Kier molecular flexibility index (Phi) is 4.62. The maximum Gasteiger partial charge on any atom is 0.317 e. The zero-order valence-corrected chi connectivity index (χ0v) is 13.2. The topological polar surface area (TPSA) is 77.9 Å². The molecular formula is C10H13BrN2O4S2. The van der Waals surface area contributed by atoms with Gasteiger partial charge in [0.2, 0.25) is 0 Å². The van der Waals surface area contributed by atoms with Crippen LogP contribution in [0.2, 0.25) is 0 Å². The van der Waals surface area contributed by atoms with E-state index in [0.29, 0.717) is 34.9 Å². The number of hydrogen-bond acceptors (Lipinski definition) is 5. The summed E-state index contributed by atoms with van der Waals surface area (Å²) in [5.74, 6) is -0.891. The van der Waals surface area contributed by atoms with E-state index in [1.54, 1.807) is 16.3 Å². The Hall–Kier alpha value is -0.480. The monoisotopic (exact) mass is 368 g/mol. The lowest BCUT2D eigenvalue weighted by Gasteiger charge is -2.32. The van der Waals surface area contributed by atoms with E-state index in [0.717, 1.165) is 0 Å². The van der Waals surface area contributed by atoms with E-state index < -0.39 is 16.0 Å². The summed E-state index contributed by atoms with van der Waals surface area (Å²) in [7, 11) is -3.47. The second-order valence-electron chi connectivity index (χ2n) is 4.13. The highest BCUT2D eigenvalue weighted by Gasteiger charge is 2.31. The SMILES string of the molecule is O=C(O)CN1CCN(S(=O)(=O)c2sccc2Br)CC1. The van der Waals surface area contributed by atoms with Gasteiger partial charge in [-0.2, -0.15) is 4.31 Å². The van der Waals surface area contributed by atoms with Gasteiger partial charge in [0.15, 0.2) is 0 Å². The standard InChI is InChI=1S/C10H13BrN2O4S2/c11-8-1-6-18-10(8)19(16,17)13-4-2-12(3-5-13)7-9(14)15/h1,6H,2-5,7H2,(H,14,15). The number of rotatable bonds is 4. The van der Waals surface area contributed by atoms with Gasteiger partial charge in [0, 0.05) is 30.7 Å². The minimum Gasteiger partial charge on any atom is -0.480 e. The summed E-state index contributed by atoms with van der Waals surface area (Å²) in [5, 5.41) is 10.4. The second-order valence-corrected chi connectivity index (χ2v) is 8.03. The first-order valence-corrected chi connectivity index (χ1v) is 8.70. The number of thiophene rings is 1. The number of carbonyl (C=O) groups is 1. The molecule has 0 amide bonds. The maximum absolute atomic E-state index is 12.4. The molecule has 0 aromatic carbocycles. The van der Waals surface area contributed by atoms with Gasteiger partial charge in [-0.15, -0.1) is 11.3 Å². The molecule has 1 aliphatic rings. The normalized spacial score (nSPS) is 18.6. The van der Waals surface area contributed by atoms with Crippen molar-refractivity contribution in [1.82, 2.24) is 9.21 Å². The van der Waals surface area contributed by atoms with E-state index in [1.807, 2.05) is 0 Å². The summed E-state index contributed by atoms with van der Waals surface area (Å²) in [6.07, 6.45) is 0. The Balaban J connectivity index is 2.05. The van der Waals surface area contributed by atoms with Gasteiger partial charge in [-0.1, -0.05) is 0 Å². The van der Waals surface area contributed by atoms with Crippen LogP contribution in [0.15, 0.2) is 20.1 Å². The average molecular weight is 369 g/mol. The number of carboxylic acids is 1. The van der Waals surface area contributed by atoms with Crippen molar-refractivity contribution in [3.05, 3.63) is 15.9 Å². The van der Waals surface area contributed by atoms with Gasteiger partial charge in [-0.05, 0) is 27.4 Å². The zero-order chi connectivity index (χ0) is 14.0. The molecule has 0 atom stereocenters. The fourth-order valence-electron chi connectivity index (χ4n) is 1.90. The van der Waals surface area contributed by atoms with E-state index in [1.165, 1.54) is 15.6 Å². The van der Waals surface area contributed by atoms with Crippen LogP contribution in [0.4, 0.5) is 0 Å². The largest absolute Gasteiger partial charge is 0.480 e. The van der Waals surface area contributed by atoms with E-state index >= 15 is 0 Å². The van der Waals surface area contributed by atoms with Gasteiger partial charge in [-0.3, -0.25) is 9.69 Å². The molecule has 0 bridgehead atoms. The number of aliphatic carboxylic acids is 1. The Morgan fingerprint density at radius 2 is 2.00 bits per heavy atom. The molecule has 0 aliphatic carbocycles. The van der Waals surface area contributed by atoms with Gasteiger partial charge >= 0.3 is 5.97 Å². The van der Waals surface area contributed by atoms with Crippen LogP contribution in [0.25, 0.3) is 0 Å². The van der Waals surface area contributed by atoms with Crippen molar-refractivity contribution in [2.24, 2.45) is 0 Å². The van der Waals surface area contributed by atoms with Crippen LogP contribution in [-0.2, 0) is 14.8 Å². The fourth-order valence-corrected chi connectivity index (χ4v) is 5.77. The number of hydrogen-bond donors (Lipinski definition) is 1. The van der Waals surface area contributed by atoms with Crippen molar-refractivity contribution in [2.45, 2.75) is 4.21 Å². The van der Waals surface area contributed by atoms with Gasteiger partial charge in [-0.25, -0.2) is 8.42 Å². The lowest BCUT2D eigenvalue weighted by molar-refractivity contribution is -0.138. The van der Waals surface area contributed by atoms with Crippen molar-refractivity contribution < 1.29 is 18.3 Å². The molecule has 1 saturated heterocycles. The van der Waals surface area contributed by atoms with E-state index in [4.69, 9.17) is 5.11 Å². The molecule has 1 N–H and O–H groups in total. The van der Waals surface area contributed by atoms with Crippen molar-refractivity contribution in [3.63, 3.8) is 0 Å². The number of halogens is 1. The molecule has 6 nitrogen and oxygen atoms in total. The number of nitrogens with zero attached hydrogens (tertiary/aromatic N) is 2. The highest BCUT2D eigenvalue weighted by Crippen LogP contribution is 2.30. The zero-order valence-electron chi connectivity index (χ0n) is 9.95. The second kappa shape index (κ2) is 5.88. The van der Waals surface area contributed by atoms with Crippen LogP contribution in [0.5, 0.6) is 0 Å². The summed E-state index contributed by atoms with van der Waals surface area (Å²) in [4.78, 5) is 12.3. The third kappa shape index (κ3) is 3.34. The number of carboxylic acid groups (broad SMARTS) is 1. The number of sulfonamides is 1. The summed E-state index contributed by atoms with van der Waals surface area (Å²) in [6, 6.07) is 1.71. The van der Waals surface area contributed by atoms with Crippen LogP contribution < -0.4 is 0 Å². The van der Waals surface area contributed by atoms with Gasteiger partial charge in [0.25, 0.3) is 10.0 Å². The maximum atomic E-state index is 12.4. The summed E-state index contributed by atoms with van der Waals surface area (Å²) in [5.41, 5.74) is 0. The van der Waals surface area contributed by atoms with Crippen molar-refractivity contribution in [3.8, 4) is 0 Å². The average Bonchev–Trinajstić information content (AvgIpc) is 2.76. The van der Waals surface area contributed by atoms with Crippen LogP contribution in [0.3, 0.4) is 0 Å². The third-order valence-electron chi connectivity index (χ3n) is 2.85. The molecule has 0 radical (unpaired) electrons. The van der Waals surface area contributed by atoms with E-state index in [9.17, 15) is 13.2 Å². The molecule has 2 heterocycles. The quantitative estimate of drug-likeness (QED) is 0.854. The molecule has 0 unspecified atom stereocenters. The van der Waals surface area contributed by atoms with Crippen molar-refractivity contribution >= 4 is 43.3 Å². The van der Waals surface area contributed by atoms with Gasteiger partial charge in [0.05, 0.1) is 6.54 Å². The molecule has 19 heavy (non-hydrogen) atoms. The lowest BCUT2D eigenvalue weighted by atomic mass is 10.3. The highest BCUT2D eigenvalue weighted by molar-refractivity contribution is 9.10. The first-order chi connectivity index (χ1) is 8.91. The van der Waals surface area contributed by atoms with Crippen LogP contribution in [0.1, 0.15) is 0 Å². The lowest BCUT2D eigenvalue weighted by Crippen LogP contribution is -2.49. The smallest absolute Gasteiger partial charge is 0.317 e. The molecule has 1 aliphatic heterocycles. The predicted molar refractivity (Wildman–Crippen MR) is 74.9 cm³/mol. The molecule has 1 fully saturated rings. The first-order valence-electron chi connectivity index (χ1n) is 5.58.